The highest BCUT2D eigenvalue weighted by molar-refractivity contribution is 5.27. The van der Waals surface area contributed by atoms with Gasteiger partial charge in [-0.3, -0.25) is 0 Å². The van der Waals surface area contributed by atoms with Crippen molar-refractivity contribution in [1.82, 2.24) is 4.57 Å². The van der Waals surface area contributed by atoms with Gasteiger partial charge in [-0.1, -0.05) is 0 Å². The molecule has 0 fully saturated rings. The van der Waals surface area contributed by atoms with Gasteiger partial charge in [0, 0.05) is 37.7 Å². The summed E-state index contributed by atoms with van der Waals surface area (Å²) in [5, 5.41) is 9.89. The molecule has 18 heavy (non-hydrogen) atoms. The van der Waals surface area contributed by atoms with Crippen molar-refractivity contribution in [1.29, 1.82) is 0 Å². The number of aryl methyl sites for hydroxylation is 1. The number of nitrogens with zero attached hydrogens (tertiary/aromatic N) is 1. The normalized spacial score (nSPS) is 18.9. The number of hydrogen-bond acceptors (Lipinski definition) is 3. The fourth-order valence-electron chi connectivity index (χ4n) is 2.52. The summed E-state index contributed by atoms with van der Waals surface area (Å²) in [6, 6.07) is 2.06. The maximum Gasteiger partial charge on any atom is 0.0807 e. The predicted octanol–water partition coefficient (Wildman–Crippen LogP) is 1.91. The summed E-state index contributed by atoms with van der Waals surface area (Å²) in [6.07, 6.45) is 5.91. The van der Waals surface area contributed by atoms with E-state index in [0.717, 1.165) is 44.4 Å². The fraction of sp³-hybridized carbons (Fsp3) is 0.714. The maximum absolute atomic E-state index is 9.89. The summed E-state index contributed by atoms with van der Waals surface area (Å²) >= 11 is 0. The Labute approximate surface area is 109 Å². The number of hydrogen-bond donors (Lipinski definition) is 1. The van der Waals surface area contributed by atoms with Gasteiger partial charge >= 0.3 is 0 Å². The van der Waals surface area contributed by atoms with Crippen LogP contribution in [0, 0.1) is 0 Å². The number of fused-ring (bicyclic) bond motifs is 1. The van der Waals surface area contributed by atoms with E-state index in [0.29, 0.717) is 13.2 Å². The molecular formula is C14H23NO3. The monoisotopic (exact) mass is 253 g/mol. The lowest BCUT2D eigenvalue weighted by Gasteiger charge is -2.20. The molecule has 0 aliphatic heterocycles. The minimum absolute atomic E-state index is 0.257. The SMILES string of the molecule is COCCOCCCn1ccc2c1CCCC2O. The van der Waals surface area contributed by atoms with Gasteiger partial charge in [-0.05, 0) is 31.7 Å². The zero-order chi connectivity index (χ0) is 12.8. The maximum atomic E-state index is 9.89. The van der Waals surface area contributed by atoms with Crippen molar-refractivity contribution in [2.24, 2.45) is 0 Å². The second-order valence-electron chi connectivity index (χ2n) is 4.78. The fourth-order valence-corrected chi connectivity index (χ4v) is 2.52. The van der Waals surface area contributed by atoms with Gasteiger partial charge in [0.25, 0.3) is 0 Å². The molecule has 1 aromatic heterocycles. The Kier molecular flexibility index (Phi) is 5.23. The van der Waals surface area contributed by atoms with Gasteiger partial charge in [0.2, 0.25) is 0 Å². The van der Waals surface area contributed by atoms with E-state index in [1.165, 1.54) is 5.69 Å². The molecule has 0 amide bonds. The molecule has 102 valence electrons. The third-order valence-corrected chi connectivity index (χ3v) is 3.48. The molecular weight excluding hydrogens is 230 g/mol. The third-order valence-electron chi connectivity index (χ3n) is 3.48. The van der Waals surface area contributed by atoms with Gasteiger partial charge in [-0.2, -0.15) is 0 Å². The molecule has 1 aliphatic rings. The highest BCUT2D eigenvalue weighted by Gasteiger charge is 2.20. The molecule has 1 heterocycles. The first-order chi connectivity index (χ1) is 8.83. The number of methoxy groups -OCH3 is 1. The summed E-state index contributed by atoms with van der Waals surface area (Å²) in [6.45, 7) is 3.05. The molecule has 1 atom stereocenters. The van der Waals surface area contributed by atoms with E-state index in [1.54, 1.807) is 7.11 Å². The van der Waals surface area contributed by atoms with Gasteiger partial charge in [0.1, 0.15) is 0 Å². The average molecular weight is 253 g/mol. The van der Waals surface area contributed by atoms with Gasteiger partial charge < -0.3 is 19.1 Å². The van der Waals surface area contributed by atoms with E-state index in [1.807, 2.05) is 0 Å². The summed E-state index contributed by atoms with van der Waals surface area (Å²) < 4.78 is 12.6. The molecule has 0 saturated carbocycles. The van der Waals surface area contributed by atoms with Gasteiger partial charge in [0.05, 0.1) is 19.3 Å². The molecule has 1 unspecified atom stereocenters. The van der Waals surface area contributed by atoms with Gasteiger partial charge in [-0.15, -0.1) is 0 Å². The molecule has 0 radical (unpaired) electrons. The number of aliphatic hydroxyl groups is 1. The van der Waals surface area contributed by atoms with Crippen LogP contribution in [0.15, 0.2) is 12.3 Å². The number of ether oxygens (including phenoxy) is 2. The van der Waals surface area contributed by atoms with E-state index in [9.17, 15) is 5.11 Å². The van der Waals surface area contributed by atoms with Crippen molar-refractivity contribution >= 4 is 0 Å². The lowest BCUT2D eigenvalue weighted by molar-refractivity contribution is 0.0679. The molecule has 2 rings (SSSR count). The van der Waals surface area contributed by atoms with Crippen molar-refractivity contribution in [3.05, 3.63) is 23.5 Å². The van der Waals surface area contributed by atoms with E-state index in [4.69, 9.17) is 9.47 Å². The Hall–Kier alpha value is -0.840. The topological polar surface area (TPSA) is 43.6 Å². The molecule has 0 spiro atoms. The van der Waals surface area contributed by atoms with Crippen molar-refractivity contribution < 1.29 is 14.6 Å². The Balaban J connectivity index is 1.76. The number of aliphatic hydroxyl groups excluding tert-OH is 1. The highest BCUT2D eigenvalue weighted by atomic mass is 16.5. The first kappa shape index (κ1) is 13.6. The van der Waals surface area contributed by atoms with Crippen LogP contribution in [0.2, 0.25) is 0 Å². The largest absolute Gasteiger partial charge is 0.388 e. The Morgan fingerprint density at radius 1 is 1.39 bits per heavy atom. The zero-order valence-corrected chi connectivity index (χ0v) is 11.1. The molecule has 0 saturated heterocycles. The predicted molar refractivity (Wildman–Crippen MR) is 69.6 cm³/mol. The second-order valence-corrected chi connectivity index (χ2v) is 4.78. The van der Waals surface area contributed by atoms with Crippen LogP contribution < -0.4 is 0 Å². The third kappa shape index (κ3) is 3.34. The van der Waals surface area contributed by atoms with Crippen LogP contribution in [0.3, 0.4) is 0 Å². The molecule has 1 aromatic rings. The summed E-state index contributed by atoms with van der Waals surface area (Å²) in [4.78, 5) is 0. The Morgan fingerprint density at radius 2 is 2.28 bits per heavy atom. The molecule has 1 aliphatic carbocycles. The lowest BCUT2D eigenvalue weighted by atomic mass is 9.95. The molecule has 4 heteroatoms. The molecule has 4 nitrogen and oxygen atoms in total. The van der Waals surface area contributed by atoms with Crippen molar-refractivity contribution in [2.45, 2.75) is 38.3 Å². The van der Waals surface area contributed by atoms with Crippen LogP contribution in [0.25, 0.3) is 0 Å². The van der Waals surface area contributed by atoms with Crippen molar-refractivity contribution in [2.75, 3.05) is 26.9 Å². The van der Waals surface area contributed by atoms with Gasteiger partial charge in [-0.25, -0.2) is 0 Å². The van der Waals surface area contributed by atoms with Gasteiger partial charge in [0.15, 0.2) is 0 Å². The van der Waals surface area contributed by atoms with E-state index in [-0.39, 0.29) is 6.10 Å². The lowest BCUT2D eigenvalue weighted by Crippen LogP contribution is -2.13. The second kappa shape index (κ2) is 6.92. The Bertz CT molecular complexity index is 362. The van der Waals surface area contributed by atoms with E-state index >= 15 is 0 Å². The average Bonchev–Trinajstić information content (AvgIpc) is 2.79. The van der Waals surface area contributed by atoms with Crippen LogP contribution >= 0.6 is 0 Å². The quantitative estimate of drug-likeness (QED) is 0.755. The number of rotatable bonds is 7. The minimum Gasteiger partial charge on any atom is -0.388 e. The van der Waals surface area contributed by atoms with Crippen LogP contribution in [0.5, 0.6) is 0 Å². The van der Waals surface area contributed by atoms with Crippen LogP contribution in [0.1, 0.15) is 36.6 Å². The van der Waals surface area contributed by atoms with Crippen LogP contribution in [-0.4, -0.2) is 36.6 Å². The Morgan fingerprint density at radius 3 is 3.11 bits per heavy atom. The first-order valence-corrected chi connectivity index (χ1v) is 6.75. The van der Waals surface area contributed by atoms with Crippen molar-refractivity contribution in [3.63, 3.8) is 0 Å². The van der Waals surface area contributed by atoms with E-state index < -0.39 is 0 Å². The molecule has 0 bridgehead atoms. The highest BCUT2D eigenvalue weighted by Crippen LogP contribution is 2.30. The van der Waals surface area contributed by atoms with Crippen LogP contribution in [0.4, 0.5) is 0 Å². The van der Waals surface area contributed by atoms with Crippen molar-refractivity contribution in [3.8, 4) is 0 Å². The van der Waals surface area contributed by atoms with E-state index in [2.05, 4.69) is 16.8 Å². The molecule has 1 N–H and O–H groups in total. The summed E-state index contributed by atoms with van der Waals surface area (Å²) in [7, 11) is 1.68. The molecule has 0 aromatic carbocycles. The minimum atomic E-state index is -0.257. The summed E-state index contributed by atoms with van der Waals surface area (Å²) in [5.74, 6) is 0. The summed E-state index contributed by atoms with van der Waals surface area (Å²) in [5.41, 5.74) is 2.44. The smallest absolute Gasteiger partial charge is 0.0807 e. The number of aromatic nitrogens is 1. The van der Waals surface area contributed by atoms with Crippen LogP contribution in [-0.2, 0) is 22.4 Å². The standard InChI is InChI=1S/C14H23NO3/c1-17-10-11-18-9-3-7-15-8-6-12-13(15)4-2-5-14(12)16/h6,8,14,16H,2-5,7,9-11H2,1H3. The zero-order valence-electron chi connectivity index (χ0n) is 11.1. The first-order valence-electron chi connectivity index (χ1n) is 6.75.